The zero-order chi connectivity index (χ0) is 29.5. The molecular formula is C31H42N2O5S2. The number of thiophene rings is 1. The van der Waals surface area contributed by atoms with Gasteiger partial charge in [0.25, 0.3) is 0 Å². The summed E-state index contributed by atoms with van der Waals surface area (Å²) < 4.78 is 39.7. The SMILES string of the molecule is CCC(C)N(CC(=O)N(CCc1ccc(OC)c(OC)c1)Cc1cccs1)S(=O)(=O)c1ccc(C(C)(C)C)cc1. The van der Waals surface area contributed by atoms with Gasteiger partial charge in [-0.1, -0.05) is 52.0 Å². The Kier molecular flexibility index (Phi) is 10.8. The van der Waals surface area contributed by atoms with E-state index in [0.717, 1.165) is 16.0 Å². The number of ether oxygens (including phenoxy) is 2. The van der Waals surface area contributed by atoms with Gasteiger partial charge in [-0.3, -0.25) is 4.79 Å². The number of hydrogen-bond donors (Lipinski definition) is 0. The lowest BCUT2D eigenvalue weighted by Gasteiger charge is -2.30. The predicted molar refractivity (Wildman–Crippen MR) is 162 cm³/mol. The highest BCUT2D eigenvalue weighted by molar-refractivity contribution is 7.89. The summed E-state index contributed by atoms with van der Waals surface area (Å²) in [5, 5.41) is 1.98. The first-order valence-corrected chi connectivity index (χ1v) is 15.9. The molecule has 0 aliphatic rings. The zero-order valence-corrected chi connectivity index (χ0v) is 26.3. The van der Waals surface area contributed by atoms with Crippen LogP contribution in [0.2, 0.25) is 0 Å². The van der Waals surface area contributed by atoms with Crippen LogP contribution in [0.25, 0.3) is 0 Å². The summed E-state index contributed by atoms with van der Waals surface area (Å²) in [5.74, 6) is 1.04. The van der Waals surface area contributed by atoms with Crippen molar-refractivity contribution in [3.63, 3.8) is 0 Å². The van der Waals surface area contributed by atoms with Crippen LogP contribution in [-0.4, -0.2) is 56.9 Å². The van der Waals surface area contributed by atoms with Gasteiger partial charge in [0.2, 0.25) is 15.9 Å². The first kappa shape index (κ1) is 31.6. The number of amides is 1. The van der Waals surface area contributed by atoms with E-state index in [-0.39, 0.29) is 28.8 Å². The molecule has 0 saturated carbocycles. The van der Waals surface area contributed by atoms with E-state index in [2.05, 4.69) is 20.8 Å². The molecule has 1 amide bonds. The number of benzene rings is 2. The molecule has 1 aromatic heterocycles. The monoisotopic (exact) mass is 586 g/mol. The molecule has 40 heavy (non-hydrogen) atoms. The van der Waals surface area contributed by atoms with E-state index in [0.29, 0.717) is 37.4 Å². The summed E-state index contributed by atoms with van der Waals surface area (Å²) in [5.41, 5.74) is 1.95. The number of sulfonamides is 1. The fourth-order valence-corrected chi connectivity index (χ4v) is 6.73. The standard InChI is InChI=1S/C31H42N2O5S2/c1-8-23(2)33(40(35,36)27-14-12-25(13-15-27)31(3,4)5)22-30(34)32(21-26-10-9-19-39-26)18-17-24-11-16-28(37-6)29(20-24)38-7/h9-16,19-20,23H,8,17-18,21-22H2,1-7H3. The highest BCUT2D eigenvalue weighted by atomic mass is 32.2. The van der Waals surface area contributed by atoms with Crippen LogP contribution < -0.4 is 9.47 Å². The third-order valence-electron chi connectivity index (χ3n) is 7.10. The minimum Gasteiger partial charge on any atom is -0.493 e. The second-order valence-corrected chi connectivity index (χ2v) is 13.8. The summed E-state index contributed by atoms with van der Waals surface area (Å²) in [7, 11) is -0.707. The fourth-order valence-electron chi connectivity index (χ4n) is 4.36. The lowest BCUT2D eigenvalue weighted by Crippen LogP contribution is -2.46. The van der Waals surface area contributed by atoms with Crippen LogP contribution in [0, 0.1) is 0 Å². The number of carbonyl (C=O) groups is 1. The molecule has 1 unspecified atom stereocenters. The van der Waals surface area contributed by atoms with Gasteiger partial charge >= 0.3 is 0 Å². The van der Waals surface area contributed by atoms with Gasteiger partial charge in [0.1, 0.15) is 0 Å². The molecule has 0 spiro atoms. The smallest absolute Gasteiger partial charge is 0.243 e. The van der Waals surface area contributed by atoms with Crippen LogP contribution in [0.15, 0.2) is 64.9 Å². The van der Waals surface area contributed by atoms with Crippen LogP contribution in [0.5, 0.6) is 11.5 Å². The van der Waals surface area contributed by atoms with Crippen molar-refractivity contribution < 1.29 is 22.7 Å². The Labute approximate surface area is 243 Å². The zero-order valence-electron chi connectivity index (χ0n) is 24.6. The van der Waals surface area contributed by atoms with Crippen molar-refractivity contribution in [2.75, 3.05) is 27.3 Å². The van der Waals surface area contributed by atoms with E-state index in [9.17, 15) is 13.2 Å². The van der Waals surface area contributed by atoms with E-state index in [1.165, 1.54) is 4.31 Å². The quantitative estimate of drug-likeness (QED) is 0.241. The molecule has 7 nitrogen and oxygen atoms in total. The normalized spacial score (nSPS) is 12.8. The molecule has 9 heteroatoms. The summed E-state index contributed by atoms with van der Waals surface area (Å²) >= 11 is 1.57. The number of methoxy groups -OCH3 is 2. The molecule has 0 fully saturated rings. The first-order valence-electron chi connectivity index (χ1n) is 13.5. The lowest BCUT2D eigenvalue weighted by molar-refractivity contribution is -0.132. The maximum absolute atomic E-state index is 13.8. The van der Waals surface area contributed by atoms with Crippen LogP contribution in [0.3, 0.4) is 0 Å². The molecular weight excluding hydrogens is 544 g/mol. The summed E-state index contributed by atoms with van der Waals surface area (Å²) in [6.07, 6.45) is 1.17. The Hall–Kier alpha value is -2.88. The van der Waals surface area contributed by atoms with Gasteiger partial charge in [-0.05, 0) is 72.0 Å². The van der Waals surface area contributed by atoms with E-state index in [4.69, 9.17) is 9.47 Å². The average molecular weight is 587 g/mol. The molecule has 0 aliphatic heterocycles. The Morgan fingerprint density at radius 3 is 2.23 bits per heavy atom. The van der Waals surface area contributed by atoms with Gasteiger partial charge in [0.05, 0.1) is 32.2 Å². The van der Waals surface area contributed by atoms with Crippen LogP contribution in [-0.2, 0) is 33.2 Å². The van der Waals surface area contributed by atoms with E-state index >= 15 is 0 Å². The Morgan fingerprint density at radius 2 is 1.68 bits per heavy atom. The number of carbonyl (C=O) groups excluding carboxylic acids is 1. The van der Waals surface area contributed by atoms with Gasteiger partial charge in [-0.2, -0.15) is 4.31 Å². The molecule has 2 aromatic carbocycles. The molecule has 0 radical (unpaired) electrons. The van der Waals surface area contributed by atoms with Crippen molar-refractivity contribution in [3.05, 3.63) is 76.0 Å². The van der Waals surface area contributed by atoms with Gasteiger partial charge in [0.15, 0.2) is 11.5 Å². The van der Waals surface area contributed by atoms with Crippen molar-refractivity contribution in [1.82, 2.24) is 9.21 Å². The minimum absolute atomic E-state index is 0.0924. The molecule has 0 N–H and O–H groups in total. The second kappa shape index (κ2) is 13.7. The molecule has 0 saturated heterocycles. The first-order chi connectivity index (χ1) is 18.9. The Morgan fingerprint density at radius 1 is 1.00 bits per heavy atom. The maximum Gasteiger partial charge on any atom is 0.243 e. The summed E-state index contributed by atoms with van der Waals surface area (Å²) in [6, 6.07) is 16.3. The van der Waals surface area contributed by atoms with Crippen LogP contribution >= 0.6 is 11.3 Å². The molecule has 1 heterocycles. The van der Waals surface area contributed by atoms with Crippen molar-refractivity contribution in [3.8, 4) is 11.5 Å². The van der Waals surface area contributed by atoms with E-state index < -0.39 is 10.0 Å². The Bertz CT molecular complexity index is 1350. The largest absolute Gasteiger partial charge is 0.493 e. The van der Waals surface area contributed by atoms with Gasteiger partial charge < -0.3 is 14.4 Å². The van der Waals surface area contributed by atoms with Gasteiger partial charge in [-0.25, -0.2) is 8.42 Å². The predicted octanol–water partition coefficient (Wildman–Crippen LogP) is 6.12. The van der Waals surface area contributed by atoms with Crippen LogP contribution in [0.1, 0.15) is 57.0 Å². The maximum atomic E-state index is 13.8. The fraction of sp³-hybridized carbons (Fsp3) is 0.452. The third kappa shape index (κ3) is 7.86. The highest BCUT2D eigenvalue weighted by Crippen LogP contribution is 2.29. The molecule has 0 bridgehead atoms. The number of rotatable bonds is 13. The molecule has 218 valence electrons. The number of nitrogens with zero attached hydrogens (tertiary/aromatic N) is 2. The van der Waals surface area contributed by atoms with Gasteiger partial charge in [0, 0.05) is 17.5 Å². The van der Waals surface area contributed by atoms with E-state index in [1.54, 1.807) is 42.6 Å². The van der Waals surface area contributed by atoms with Crippen molar-refractivity contribution in [2.45, 2.75) is 70.4 Å². The van der Waals surface area contributed by atoms with Crippen molar-refractivity contribution in [2.24, 2.45) is 0 Å². The summed E-state index contributed by atoms with van der Waals surface area (Å²) in [4.78, 5) is 16.8. The molecule has 1 atom stereocenters. The van der Waals surface area contributed by atoms with E-state index in [1.807, 2.05) is 61.7 Å². The molecule has 3 aromatic rings. The van der Waals surface area contributed by atoms with Crippen molar-refractivity contribution >= 4 is 27.3 Å². The highest BCUT2D eigenvalue weighted by Gasteiger charge is 2.32. The average Bonchev–Trinajstić information content (AvgIpc) is 3.46. The van der Waals surface area contributed by atoms with Crippen molar-refractivity contribution in [1.29, 1.82) is 0 Å². The second-order valence-electron chi connectivity index (χ2n) is 10.9. The molecule has 3 rings (SSSR count). The Balaban J connectivity index is 1.86. The molecule has 0 aliphatic carbocycles. The van der Waals surface area contributed by atoms with Crippen LogP contribution in [0.4, 0.5) is 0 Å². The third-order valence-corrected chi connectivity index (χ3v) is 9.93. The topological polar surface area (TPSA) is 76.2 Å². The lowest BCUT2D eigenvalue weighted by atomic mass is 9.87. The number of hydrogen-bond acceptors (Lipinski definition) is 6. The summed E-state index contributed by atoms with van der Waals surface area (Å²) in [6.45, 7) is 10.7. The minimum atomic E-state index is -3.89. The van der Waals surface area contributed by atoms with Gasteiger partial charge in [-0.15, -0.1) is 11.3 Å².